The van der Waals surface area contributed by atoms with Crippen molar-refractivity contribution >= 4 is 5.95 Å². The first-order valence-corrected chi connectivity index (χ1v) is 8.98. The zero-order chi connectivity index (χ0) is 20.3. The maximum absolute atomic E-state index is 12.9. The van der Waals surface area contributed by atoms with Gasteiger partial charge in [0.2, 0.25) is 5.95 Å². The average molecular weight is 390 g/mol. The summed E-state index contributed by atoms with van der Waals surface area (Å²) in [6.07, 6.45) is -3.73. The fourth-order valence-electron chi connectivity index (χ4n) is 3.10. The van der Waals surface area contributed by atoms with E-state index in [4.69, 9.17) is 0 Å². The molecule has 0 amide bonds. The predicted molar refractivity (Wildman–Crippen MR) is 101 cm³/mol. The number of aromatic nitrogens is 2. The van der Waals surface area contributed by atoms with Crippen molar-refractivity contribution in [3.63, 3.8) is 0 Å². The topological polar surface area (TPSA) is 59.0 Å². The predicted octanol–water partition coefficient (Wildman–Crippen LogP) is 3.10. The van der Waals surface area contributed by atoms with Crippen molar-refractivity contribution in [2.75, 3.05) is 11.9 Å². The molecule has 0 bridgehead atoms. The van der Waals surface area contributed by atoms with E-state index in [2.05, 4.69) is 27.5 Å². The molecule has 1 aromatic heterocycles. The van der Waals surface area contributed by atoms with E-state index in [9.17, 15) is 18.0 Å². The summed E-state index contributed by atoms with van der Waals surface area (Å²) in [4.78, 5) is 17.5. The molecule has 2 aromatic rings. The minimum Gasteiger partial charge on any atom is -0.349 e. The van der Waals surface area contributed by atoms with E-state index < -0.39 is 11.7 Å². The Morgan fingerprint density at radius 3 is 2.68 bits per heavy atom. The minimum absolute atomic E-state index is 0.151. The van der Waals surface area contributed by atoms with Crippen LogP contribution in [0.1, 0.15) is 42.3 Å². The number of benzene rings is 1. The smallest absolute Gasteiger partial charge is 0.349 e. The third kappa shape index (κ3) is 4.20. The zero-order valence-corrected chi connectivity index (χ0v) is 15.7. The lowest BCUT2D eigenvalue weighted by Gasteiger charge is -2.22. The second-order valence-electron chi connectivity index (χ2n) is 6.59. The van der Waals surface area contributed by atoms with Crippen molar-refractivity contribution in [1.82, 2.24) is 14.9 Å². The highest BCUT2D eigenvalue weighted by atomic mass is 19.4. The van der Waals surface area contributed by atoms with Gasteiger partial charge < -0.3 is 10.6 Å². The summed E-state index contributed by atoms with van der Waals surface area (Å²) in [7, 11) is 0. The average Bonchev–Trinajstić information content (AvgIpc) is 2.67. The van der Waals surface area contributed by atoms with Gasteiger partial charge in [-0.1, -0.05) is 18.1 Å². The molecule has 148 valence electrons. The summed E-state index contributed by atoms with van der Waals surface area (Å²) < 4.78 is 39.8. The SMILES string of the molecule is CC#CCn1c(N[C@@H](C)c2ccc(C(F)(F)F)cc2)nc2c(c1=O)CNCC2. The fraction of sp³-hybridized carbons (Fsp3) is 0.400. The van der Waals surface area contributed by atoms with Gasteiger partial charge in [0, 0.05) is 19.5 Å². The molecule has 2 N–H and O–H groups in total. The monoisotopic (exact) mass is 390 g/mol. The Kier molecular flexibility index (Phi) is 5.75. The van der Waals surface area contributed by atoms with Crippen LogP contribution in [-0.2, 0) is 25.7 Å². The molecule has 0 saturated carbocycles. The maximum atomic E-state index is 12.9. The molecule has 1 aliphatic rings. The molecular weight excluding hydrogens is 369 g/mol. The van der Waals surface area contributed by atoms with Crippen LogP contribution >= 0.6 is 0 Å². The van der Waals surface area contributed by atoms with E-state index >= 15 is 0 Å². The van der Waals surface area contributed by atoms with Crippen molar-refractivity contribution in [1.29, 1.82) is 0 Å². The molecule has 5 nitrogen and oxygen atoms in total. The zero-order valence-electron chi connectivity index (χ0n) is 15.7. The van der Waals surface area contributed by atoms with Crippen molar-refractivity contribution in [2.24, 2.45) is 0 Å². The number of fused-ring (bicyclic) bond motifs is 1. The summed E-state index contributed by atoms with van der Waals surface area (Å²) in [5, 5.41) is 6.33. The quantitative estimate of drug-likeness (QED) is 0.788. The van der Waals surface area contributed by atoms with Crippen LogP contribution in [-0.4, -0.2) is 16.1 Å². The Morgan fingerprint density at radius 1 is 1.32 bits per heavy atom. The highest BCUT2D eigenvalue weighted by molar-refractivity contribution is 5.38. The van der Waals surface area contributed by atoms with Gasteiger partial charge in [0.1, 0.15) is 0 Å². The van der Waals surface area contributed by atoms with E-state index in [1.807, 2.05) is 6.92 Å². The van der Waals surface area contributed by atoms with Crippen molar-refractivity contribution in [3.8, 4) is 11.8 Å². The third-order valence-electron chi connectivity index (χ3n) is 4.69. The number of rotatable bonds is 4. The number of halogens is 3. The Labute approximate surface area is 161 Å². The van der Waals surface area contributed by atoms with Gasteiger partial charge in [-0.2, -0.15) is 13.2 Å². The number of nitrogens with one attached hydrogen (secondary N) is 2. The van der Waals surface area contributed by atoms with Gasteiger partial charge in [-0.05, 0) is 31.5 Å². The molecule has 0 saturated heterocycles. The van der Waals surface area contributed by atoms with E-state index in [0.29, 0.717) is 30.0 Å². The molecule has 0 aliphatic carbocycles. The number of anilines is 1. The van der Waals surface area contributed by atoms with Gasteiger partial charge in [0.05, 0.1) is 29.4 Å². The lowest BCUT2D eigenvalue weighted by Crippen LogP contribution is -2.36. The normalized spacial score (nSPS) is 14.6. The third-order valence-corrected chi connectivity index (χ3v) is 4.69. The lowest BCUT2D eigenvalue weighted by molar-refractivity contribution is -0.137. The largest absolute Gasteiger partial charge is 0.416 e. The standard InChI is InChI=1S/C20H21F3N4O/c1-3-4-11-27-18(28)16-12-24-10-9-17(16)26-19(27)25-13(2)14-5-7-15(8-6-14)20(21,22)23/h5-8,13,24H,9-12H2,1-2H3,(H,25,26)/t13-/m0/s1. The molecule has 1 atom stereocenters. The highest BCUT2D eigenvalue weighted by Gasteiger charge is 2.30. The van der Waals surface area contributed by atoms with Gasteiger partial charge in [0.25, 0.3) is 5.56 Å². The molecule has 8 heteroatoms. The van der Waals surface area contributed by atoms with Gasteiger partial charge in [-0.25, -0.2) is 4.98 Å². The second-order valence-corrected chi connectivity index (χ2v) is 6.59. The number of alkyl halides is 3. The molecule has 0 radical (unpaired) electrons. The van der Waals surface area contributed by atoms with Gasteiger partial charge in [-0.3, -0.25) is 9.36 Å². The van der Waals surface area contributed by atoms with Crippen LogP contribution in [0.3, 0.4) is 0 Å². The number of hydrogen-bond donors (Lipinski definition) is 2. The first-order valence-electron chi connectivity index (χ1n) is 8.98. The molecule has 28 heavy (non-hydrogen) atoms. The second kappa shape index (κ2) is 8.07. The summed E-state index contributed by atoms with van der Waals surface area (Å²) in [6.45, 7) is 4.90. The van der Waals surface area contributed by atoms with Crippen molar-refractivity contribution in [3.05, 3.63) is 57.0 Å². The lowest BCUT2D eigenvalue weighted by atomic mass is 10.1. The molecule has 1 aromatic carbocycles. The Balaban J connectivity index is 1.92. The van der Waals surface area contributed by atoms with Crippen LogP contribution in [0.25, 0.3) is 0 Å². The van der Waals surface area contributed by atoms with Crippen LogP contribution in [0, 0.1) is 11.8 Å². The number of nitrogens with zero attached hydrogens (tertiary/aromatic N) is 2. The van der Waals surface area contributed by atoms with Crippen LogP contribution in [0.5, 0.6) is 0 Å². The summed E-state index contributed by atoms with van der Waals surface area (Å²) in [5.41, 5.74) is 1.19. The Bertz CT molecular complexity index is 968. The highest BCUT2D eigenvalue weighted by Crippen LogP contribution is 2.30. The summed E-state index contributed by atoms with van der Waals surface area (Å²) in [5.74, 6) is 6.02. The van der Waals surface area contributed by atoms with Gasteiger partial charge in [-0.15, -0.1) is 5.92 Å². The van der Waals surface area contributed by atoms with Crippen LogP contribution in [0.15, 0.2) is 29.1 Å². The van der Waals surface area contributed by atoms with Crippen LogP contribution < -0.4 is 16.2 Å². The molecule has 2 heterocycles. The summed E-state index contributed by atoms with van der Waals surface area (Å²) >= 11 is 0. The molecule has 0 spiro atoms. The molecule has 0 unspecified atom stereocenters. The van der Waals surface area contributed by atoms with E-state index in [0.717, 1.165) is 24.4 Å². The summed E-state index contributed by atoms with van der Waals surface area (Å²) in [6, 6.07) is 4.62. The van der Waals surface area contributed by atoms with Crippen molar-refractivity contribution < 1.29 is 13.2 Å². The molecular formula is C20H21F3N4O. The maximum Gasteiger partial charge on any atom is 0.416 e. The fourth-order valence-corrected chi connectivity index (χ4v) is 3.10. The van der Waals surface area contributed by atoms with Crippen molar-refractivity contribution in [2.45, 2.75) is 45.6 Å². The van der Waals surface area contributed by atoms with E-state index in [-0.39, 0.29) is 18.1 Å². The molecule has 0 fully saturated rings. The first-order chi connectivity index (χ1) is 13.3. The number of hydrogen-bond acceptors (Lipinski definition) is 4. The van der Waals surface area contributed by atoms with E-state index in [1.54, 1.807) is 6.92 Å². The Hall–Kier alpha value is -2.79. The Morgan fingerprint density at radius 2 is 2.04 bits per heavy atom. The van der Waals surface area contributed by atoms with Crippen LogP contribution in [0.4, 0.5) is 19.1 Å². The van der Waals surface area contributed by atoms with Gasteiger partial charge in [0.15, 0.2) is 0 Å². The van der Waals surface area contributed by atoms with Crippen LogP contribution in [0.2, 0.25) is 0 Å². The molecule has 3 rings (SSSR count). The first kappa shape index (κ1) is 20.0. The van der Waals surface area contributed by atoms with Gasteiger partial charge >= 0.3 is 6.18 Å². The molecule has 1 aliphatic heterocycles. The van der Waals surface area contributed by atoms with E-state index in [1.165, 1.54) is 16.7 Å². The minimum atomic E-state index is -4.37.